The number of hydrogen-bond donors (Lipinski definition) is 0. The molecule has 1 atom stereocenters. The molecule has 0 aliphatic carbocycles. The molecule has 21 heavy (non-hydrogen) atoms. The third-order valence-electron chi connectivity index (χ3n) is 3.19. The SMILES string of the molecule is COc1ccc(C(=O)C(C)SCc2ccccc2Cl)cc1. The average Bonchev–Trinajstić information content (AvgIpc) is 2.53. The van der Waals surface area contributed by atoms with E-state index in [9.17, 15) is 4.79 Å². The molecule has 0 fully saturated rings. The number of Topliss-reactive ketones (excluding diaryl/α,β-unsaturated/α-hetero) is 1. The van der Waals surface area contributed by atoms with Crippen LogP contribution in [0.1, 0.15) is 22.8 Å². The Bertz CT molecular complexity index is 610. The van der Waals surface area contributed by atoms with E-state index < -0.39 is 0 Å². The Labute approximate surface area is 134 Å². The summed E-state index contributed by atoms with van der Waals surface area (Å²) in [6.45, 7) is 1.92. The Balaban J connectivity index is 1.97. The summed E-state index contributed by atoms with van der Waals surface area (Å²) in [5.41, 5.74) is 1.76. The third kappa shape index (κ3) is 4.26. The van der Waals surface area contributed by atoms with Crippen molar-refractivity contribution in [1.29, 1.82) is 0 Å². The van der Waals surface area contributed by atoms with Gasteiger partial charge in [-0.05, 0) is 42.8 Å². The number of ketones is 1. The predicted molar refractivity (Wildman–Crippen MR) is 89.5 cm³/mol. The molecule has 2 nitrogen and oxygen atoms in total. The van der Waals surface area contributed by atoms with Crippen LogP contribution in [0, 0.1) is 0 Å². The van der Waals surface area contributed by atoms with Gasteiger partial charge in [-0.1, -0.05) is 29.8 Å². The van der Waals surface area contributed by atoms with Gasteiger partial charge in [-0.3, -0.25) is 4.79 Å². The van der Waals surface area contributed by atoms with Crippen molar-refractivity contribution in [1.82, 2.24) is 0 Å². The normalized spacial score (nSPS) is 12.0. The van der Waals surface area contributed by atoms with E-state index in [1.165, 1.54) is 0 Å². The summed E-state index contributed by atoms with van der Waals surface area (Å²) in [5.74, 6) is 1.60. The van der Waals surface area contributed by atoms with Gasteiger partial charge in [0.1, 0.15) is 5.75 Å². The van der Waals surface area contributed by atoms with E-state index in [0.717, 1.165) is 22.1 Å². The van der Waals surface area contributed by atoms with Crippen LogP contribution in [0.5, 0.6) is 5.75 Å². The van der Waals surface area contributed by atoms with Crippen LogP contribution in [0.3, 0.4) is 0 Å². The Morgan fingerprint density at radius 3 is 2.48 bits per heavy atom. The number of thioether (sulfide) groups is 1. The monoisotopic (exact) mass is 320 g/mol. The Hall–Kier alpha value is -1.45. The quantitative estimate of drug-likeness (QED) is 0.711. The molecule has 2 aromatic rings. The molecule has 2 rings (SSSR count). The fraction of sp³-hybridized carbons (Fsp3) is 0.235. The fourth-order valence-electron chi connectivity index (χ4n) is 1.90. The van der Waals surface area contributed by atoms with E-state index in [4.69, 9.17) is 16.3 Å². The number of ether oxygens (including phenoxy) is 1. The molecule has 0 heterocycles. The minimum atomic E-state index is -0.116. The van der Waals surface area contributed by atoms with Gasteiger partial charge >= 0.3 is 0 Å². The van der Waals surface area contributed by atoms with Crippen molar-refractivity contribution in [3.63, 3.8) is 0 Å². The van der Waals surface area contributed by atoms with Gasteiger partial charge in [0.05, 0.1) is 12.4 Å². The van der Waals surface area contributed by atoms with Crippen LogP contribution in [0.2, 0.25) is 5.02 Å². The standard InChI is InChI=1S/C17H17ClO2S/c1-12(21-11-14-5-3-4-6-16(14)18)17(19)13-7-9-15(20-2)10-8-13/h3-10,12H,11H2,1-2H3. The zero-order chi connectivity index (χ0) is 15.2. The molecule has 0 bridgehead atoms. The number of rotatable bonds is 6. The lowest BCUT2D eigenvalue weighted by molar-refractivity contribution is 0.0994. The second-order valence-corrected chi connectivity index (χ2v) is 6.37. The van der Waals surface area contributed by atoms with E-state index in [-0.39, 0.29) is 11.0 Å². The number of hydrogen-bond acceptors (Lipinski definition) is 3. The van der Waals surface area contributed by atoms with Gasteiger partial charge in [0.15, 0.2) is 5.78 Å². The zero-order valence-electron chi connectivity index (χ0n) is 12.0. The molecule has 1 unspecified atom stereocenters. The maximum absolute atomic E-state index is 12.4. The molecular weight excluding hydrogens is 304 g/mol. The lowest BCUT2D eigenvalue weighted by Crippen LogP contribution is -2.13. The predicted octanol–water partition coefficient (Wildman–Crippen LogP) is 4.85. The summed E-state index contributed by atoms with van der Waals surface area (Å²) in [6, 6.07) is 14.9. The van der Waals surface area contributed by atoms with Gasteiger partial charge in [0, 0.05) is 16.3 Å². The van der Waals surface area contributed by atoms with E-state index in [0.29, 0.717) is 5.56 Å². The van der Waals surface area contributed by atoms with Crippen LogP contribution in [-0.4, -0.2) is 18.1 Å². The molecule has 0 aliphatic rings. The minimum absolute atomic E-state index is 0.116. The average molecular weight is 321 g/mol. The second kappa shape index (κ2) is 7.53. The largest absolute Gasteiger partial charge is 0.497 e. The first-order valence-electron chi connectivity index (χ1n) is 6.65. The lowest BCUT2D eigenvalue weighted by Gasteiger charge is -2.11. The van der Waals surface area contributed by atoms with E-state index in [1.54, 1.807) is 43.1 Å². The Morgan fingerprint density at radius 1 is 1.19 bits per heavy atom. The van der Waals surface area contributed by atoms with Crippen LogP contribution < -0.4 is 4.74 Å². The molecule has 0 amide bonds. The van der Waals surface area contributed by atoms with Crippen molar-refractivity contribution in [3.8, 4) is 5.75 Å². The van der Waals surface area contributed by atoms with Crippen LogP contribution in [0.4, 0.5) is 0 Å². The Morgan fingerprint density at radius 2 is 1.86 bits per heavy atom. The molecule has 0 radical (unpaired) electrons. The summed E-state index contributed by atoms with van der Waals surface area (Å²) in [6.07, 6.45) is 0. The van der Waals surface area contributed by atoms with Crippen molar-refractivity contribution in [2.45, 2.75) is 17.9 Å². The van der Waals surface area contributed by atoms with Crippen LogP contribution >= 0.6 is 23.4 Å². The number of benzene rings is 2. The van der Waals surface area contributed by atoms with E-state index in [1.807, 2.05) is 31.2 Å². The highest BCUT2D eigenvalue weighted by molar-refractivity contribution is 7.99. The summed E-state index contributed by atoms with van der Waals surface area (Å²) in [4.78, 5) is 12.4. The molecule has 0 saturated heterocycles. The van der Waals surface area contributed by atoms with Crippen molar-refractivity contribution < 1.29 is 9.53 Å². The molecule has 110 valence electrons. The first-order chi connectivity index (χ1) is 10.1. The first-order valence-corrected chi connectivity index (χ1v) is 8.07. The van der Waals surface area contributed by atoms with Crippen molar-refractivity contribution in [3.05, 3.63) is 64.7 Å². The van der Waals surface area contributed by atoms with E-state index >= 15 is 0 Å². The maximum Gasteiger partial charge on any atom is 0.175 e. The number of methoxy groups -OCH3 is 1. The number of carbonyl (C=O) groups excluding carboxylic acids is 1. The molecule has 0 aliphatic heterocycles. The molecule has 4 heteroatoms. The molecule has 0 spiro atoms. The first kappa shape index (κ1) is 15.9. The number of halogens is 1. The van der Waals surface area contributed by atoms with Crippen molar-refractivity contribution in [2.75, 3.05) is 7.11 Å². The van der Waals surface area contributed by atoms with Gasteiger partial charge in [0.2, 0.25) is 0 Å². The Kier molecular flexibility index (Phi) is 5.71. The highest BCUT2D eigenvalue weighted by atomic mass is 35.5. The third-order valence-corrected chi connectivity index (χ3v) is 4.75. The topological polar surface area (TPSA) is 26.3 Å². The van der Waals surface area contributed by atoms with Gasteiger partial charge in [-0.15, -0.1) is 11.8 Å². The fourth-order valence-corrected chi connectivity index (χ4v) is 3.15. The maximum atomic E-state index is 12.4. The zero-order valence-corrected chi connectivity index (χ0v) is 13.6. The molecule has 2 aromatic carbocycles. The van der Waals surface area contributed by atoms with Gasteiger partial charge in [0.25, 0.3) is 0 Å². The summed E-state index contributed by atoms with van der Waals surface area (Å²) < 4.78 is 5.10. The lowest BCUT2D eigenvalue weighted by atomic mass is 10.1. The number of carbonyl (C=O) groups is 1. The summed E-state index contributed by atoms with van der Waals surface area (Å²) in [5, 5.41) is 0.628. The highest BCUT2D eigenvalue weighted by Crippen LogP contribution is 2.25. The minimum Gasteiger partial charge on any atom is -0.497 e. The molecule has 0 saturated carbocycles. The van der Waals surface area contributed by atoms with E-state index in [2.05, 4.69) is 0 Å². The van der Waals surface area contributed by atoms with Crippen molar-refractivity contribution >= 4 is 29.1 Å². The van der Waals surface area contributed by atoms with Gasteiger partial charge < -0.3 is 4.74 Å². The van der Waals surface area contributed by atoms with Crippen LogP contribution in [-0.2, 0) is 5.75 Å². The van der Waals surface area contributed by atoms with Gasteiger partial charge in [-0.2, -0.15) is 0 Å². The van der Waals surface area contributed by atoms with Gasteiger partial charge in [-0.25, -0.2) is 0 Å². The highest BCUT2D eigenvalue weighted by Gasteiger charge is 2.16. The van der Waals surface area contributed by atoms with Crippen LogP contribution in [0.15, 0.2) is 48.5 Å². The summed E-state index contributed by atoms with van der Waals surface area (Å²) >= 11 is 7.72. The second-order valence-electron chi connectivity index (χ2n) is 4.64. The summed E-state index contributed by atoms with van der Waals surface area (Å²) in [7, 11) is 1.61. The molecular formula is C17H17ClO2S. The molecule has 0 aromatic heterocycles. The smallest absolute Gasteiger partial charge is 0.175 e. The van der Waals surface area contributed by atoms with Crippen molar-refractivity contribution in [2.24, 2.45) is 0 Å². The van der Waals surface area contributed by atoms with Crippen LogP contribution in [0.25, 0.3) is 0 Å². The molecule has 0 N–H and O–H groups in total.